The minimum atomic E-state index is 0. The van der Waals surface area contributed by atoms with Gasteiger partial charge in [-0.3, -0.25) is 4.90 Å². The Balaban J connectivity index is 0.00000156. The zero-order chi connectivity index (χ0) is 15.0. The maximum atomic E-state index is 5.95. The summed E-state index contributed by atoms with van der Waals surface area (Å²) >= 11 is 0. The van der Waals surface area contributed by atoms with Gasteiger partial charge in [0.1, 0.15) is 13.2 Å². The van der Waals surface area contributed by atoms with E-state index in [-0.39, 0.29) is 12.4 Å². The molecule has 4 rings (SSSR count). The molecule has 5 heteroatoms. The van der Waals surface area contributed by atoms with Crippen LogP contribution < -0.4 is 14.8 Å². The third-order valence-electron chi connectivity index (χ3n) is 5.36. The van der Waals surface area contributed by atoms with E-state index in [9.17, 15) is 0 Å². The van der Waals surface area contributed by atoms with Crippen LogP contribution in [0.4, 0.5) is 0 Å². The second-order valence-corrected chi connectivity index (χ2v) is 7.24. The summed E-state index contributed by atoms with van der Waals surface area (Å²) in [5, 5.41) is 3.52. The molecule has 23 heavy (non-hydrogen) atoms. The van der Waals surface area contributed by atoms with Crippen LogP contribution in [0.15, 0.2) is 18.2 Å². The predicted molar refractivity (Wildman–Crippen MR) is 93.8 cm³/mol. The number of nitrogens with zero attached hydrogens (tertiary/aromatic N) is 1. The van der Waals surface area contributed by atoms with E-state index in [2.05, 4.69) is 29.3 Å². The van der Waals surface area contributed by atoms with Crippen molar-refractivity contribution in [3.05, 3.63) is 23.8 Å². The second-order valence-electron chi connectivity index (χ2n) is 7.24. The van der Waals surface area contributed by atoms with E-state index >= 15 is 0 Å². The van der Waals surface area contributed by atoms with Crippen LogP contribution in [0.5, 0.6) is 11.5 Å². The standard InChI is InChI=1S/C18H26N2O2.ClH/c1-18(7-8-19-12-18)13-20-9-3-5-15(20)14-4-2-6-16-17(14)22-11-10-21-16;/h2,4,6,15,19H,3,5,7-13H2,1H3;1H. The molecule has 4 nitrogen and oxygen atoms in total. The summed E-state index contributed by atoms with van der Waals surface area (Å²) in [7, 11) is 0. The number of benzene rings is 1. The Labute approximate surface area is 144 Å². The molecule has 1 N–H and O–H groups in total. The first-order valence-corrected chi connectivity index (χ1v) is 8.58. The first-order chi connectivity index (χ1) is 10.8. The molecule has 0 amide bonds. The molecular weight excluding hydrogens is 312 g/mol. The molecule has 0 radical (unpaired) electrons. The molecule has 0 saturated carbocycles. The van der Waals surface area contributed by atoms with Crippen molar-refractivity contribution in [1.29, 1.82) is 0 Å². The van der Waals surface area contributed by atoms with Crippen molar-refractivity contribution in [1.82, 2.24) is 10.2 Å². The highest BCUT2D eigenvalue weighted by Gasteiger charge is 2.37. The van der Waals surface area contributed by atoms with Crippen LogP contribution in [0.2, 0.25) is 0 Å². The van der Waals surface area contributed by atoms with E-state index in [1.165, 1.54) is 37.9 Å². The van der Waals surface area contributed by atoms with Crippen LogP contribution in [-0.4, -0.2) is 44.3 Å². The monoisotopic (exact) mass is 338 g/mol. The SMILES string of the molecule is CC1(CN2CCCC2c2cccc3c2OCCO3)CCNC1.Cl. The summed E-state index contributed by atoms with van der Waals surface area (Å²) in [5.41, 5.74) is 1.73. The van der Waals surface area contributed by atoms with Gasteiger partial charge >= 0.3 is 0 Å². The van der Waals surface area contributed by atoms with E-state index in [0.29, 0.717) is 24.7 Å². The summed E-state index contributed by atoms with van der Waals surface area (Å²) in [4.78, 5) is 2.67. The molecule has 1 aromatic carbocycles. The molecule has 2 atom stereocenters. The highest BCUT2D eigenvalue weighted by Crippen LogP contribution is 2.44. The van der Waals surface area contributed by atoms with E-state index < -0.39 is 0 Å². The number of halogens is 1. The minimum Gasteiger partial charge on any atom is -0.486 e. The van der Waals surface area contributed by atoms with Crippen molar-refractivity contribution in [2.24, 2.45) is 5.41 Å². The highest BCUT2D eigenvalue weighted by molar-refractivity contribution is 5.85. The maximum absolute atomic E-state index is 5.95. The predicted octanol–water partition coefficient (Wildman–Crippen LogP) is 3.02. The molecule has 0 aliphatic carbocycles. The number of ether oxygens (including phenoxy) is 2. The zero-order valence-corrected chi connectivity index (χ0v) is 14.7. The number of rotatable bonds is 3. The molecule has 3 aliphatic rings. The van der Waals surface area contributed by atoms with Crippen LogP contribution >= 0.6 is 12.4 Å². The minimum absolute atomic E-state index is 0. The number of hydrogen-bond acceptors (Lipinski definition) is 4. The maximum Gasteiger partial charge on any atom is 0.166 e. The van der Waals surface area contributed by atoms with Gasteiger partial charge in [-0.2, -0.15) is 0 Å². The molecule has 128 valence electrons. The van der Waals surface area contributed by atoms with Gasteiger partial charge in [0.05, 0.1) is 0 Å². The van der Waals surface area contributed by atoms with Crippen LogP contribution in [0.1, 0.15) is 37.8 Å². The van der Waals surface area contributed by atoms with Crippen molar-refractivity contribution in [2.45, 2.75) is 32.2 Å². The molecule has 2 unspecified atom stereocenters. The first-order valence-electron chi connectivity index (χ1n) is 8.58. The molecule has 0 aromatic heterocycles. The van der Waals surface area contributed by atoms with Crippen molar-refractivity contribution < 1.29 is 9.47 Å². The van der Waals surface area contributed by atoms with E-state index in [0.717, 1.165) is 24.6 Å². The lowest BCUT2D eigenvalue weighted by molar-refractivity contribution is 0.148. The smallest absolute Gasteiger partial charge is 0.166 e. The lowest BCUT2D eigenvalue weighted by atomic mass is 9.88. The second kappa shape index (κ2) is 6.88. The Morgan fingerprint density at radius 3 is 3.00 bits per heavy atom. The fourth-order valence-electron chi connectivity index (χ4n) is 4.22. The molecule has 2 fully saturated rings. The van der Waals surface area contributed by atoms with Gasteiger partial charge in [-0.25, -0.2) is 0 Å². The quantitative estimate of drug-likeness (QED) is 0.918. The normalized spacial score (nSPS) is 30.2. The van der Waals surface area contributed by atoms with Gasteiger partial charge in [0.25, 0.3) is 0 Å². The number of hydrogen-bond donors (Lipinski definition) is 1. The molecular formula is C18H27ClN2O2. The first kappa shape index (κ1) is 16.9. The number of para-hydroxylation sites is 1. The van der Waals surface area contributed by atoms with E-state index in [1.807, 2.05) is 6.07 Å². The molecule has 3 heterocycles. The summed E-state index contributed by atoms with van der Waals surface area (Å²) in [5.74, 6) is 1.91. The van der Waals surface area contributed by atoms with Gasteiger partial charge in [-0.1, -0.05) is 19.1 Å². The van der Waals surface area contributed by atoms with Crippen LogP contribution in [0.3, 0.4) is 0 Å². The van der Waals surface area contributed by atoms with Crippen LogP contribution in [0, 0.1) is 5.41 Å². The molecule has 3 aliphatic heterocycles. The van der Waals surface area contributed by atoms with Gasteiger partial charge in [0, 0.05) is 24.7 Å². The van der Waals surface area contributed by atoms with Gasteiger partial charge in [-0.15, -0.1) is 12.4 Å². The van der Waals surface area contributed by atoms with Gasteiger partial charge in [0.15, 0.2) is 11.5 Å². The summed E-state index contributed by atoms with van der Waals surface area (Å²) < 4.78 is 11.7. The lowest BCUT2D eigenvalue weighted by Gasteiger charge is -2.34. The number of fused-ring (bicyclic) bond motifs is 1. The summed E-state index contributed by atoms with van der Waals surface area (Å²) in [6, 6.07) is 6.85. The summed E-state index contributed by atoms with van der Waals surface area (Å²) in [6.07, 6.45) is 3.78. The fourth-order valence-corrected chi connectivity index (χ4v) is 4.22. The van der Waals surface area contributed by atoms with E-state index in [4.69, 9.17) is 9.47 Å². The average molecular weight is 339 g/mol. The summed E-state index contributed by atoms with van der Waals surface area (Å²) in [6.45, 7) is 8.42. The molecule has 2 saturated heterocycles. The molecule has 0 spiro atoms. The van der Waals surface area contributed by atoms with Crippen molar-refractivity contribution >= 4 is 12.4 Å². The number of likely N-dealkylation sites (tertiary alicyclic amines) is 1. The Kier molecular flexibility index (Phi) is 5.04. The topological polar surface area (TPSA) is 33.7 Å². The highest BCUT2D eigenvalue weighted by atomic mass is 35.5. The van der Waals surface area contributed by atoms with Crippen molar-refractivity contribution in [2.75, 3.05) is 39.4 Å². The zero-order valence-electron chi connectivity index (χ0n) is 13.8. The lowest BCUT2D eigenvalue weighted by Crippen LogP contribution is -2.37. The van der Waals surface area contributed by atoms with Gasteiger partial charge < -0.3 is 14.8 Å². The van der Waals surface area contributed by atoms with Crippen molar-refractivity contribution in [3.63, 3.8) is 0 Å². The Morgan fingerprint density at radius 2 is 2.17 bits per heavy atom. The van der Waals surface area contributed by atoms with Crippen LogP contribution in [-0.2, 0) is 0 Å². The Morgan fingerprint density at radius 1 is 1.30 bits per heavy atom. The molecule has 1 aromatic rings. The van der Waals surface area contributed by atoms with Crippen LogP contribution in [0.25, 0.3) is 0 Å². The van der Waals surface area contributed by atoms with Gasteiger partial charge in [-0.05, 0) is 43.8 Å². The van der Waals surface area contributed by atoms with Gasteiger partial charge in [0.2, 0.25) is 0 Å². The third kappa shape index (κ3) is 3.30. The average Bonchev–Trinajstić information content (AvgIpc) is 3.16. The Hall–Kier alpha value is -0.970. The Bertz CT molecular complexity index is 546. The molecule has 0 bridgehead atoms. The van der Waals surface area contributed by atoms with E-state index in [1.54, 1.807) is 0 Å². The number of nitrogens with one attached hydrogen (secondary N) is 1. The largest absolute Gasteiger partial charge is 0.486 e. The fraction of sp³-hybridized carbons (Fsp3) is 0.667. The van der Waals surface area contributed by atoms with Crippen molar-refractivity contribution in [3.8, 4) is 11.5 Å². The third-order valence-corrected chi connectivity index (χ3v) is 5.36.